The summed E-state index contributed by atoms with van der Waals surface area (Å²) in [6, 6.07) is 11.5. The molecule has 0 saturated heterocycles. The minimum Gasteiger partial charge on any atom is -0.465 e. The Morgan fingerprint density at radius 2 is 1.62 bits per heavy atom. The number of nitrogens with zero attached hydrogens (tertiary/aromatic N) is 5. The van der Waals surface area contributed by atoms with Crippen molar-refractivity contribution in [2.75, 3.05) is 24.5 Å². The lowest BCUT2D eigenvalue weighted by molar-refractivity contribution is -0.385. The molecule has 34 heavy (non-hydrogen) atoms. The molecule has 2 aromatic carbocycles. The van der Waals surface area contributed by atoms with Crippen LogP contribution < -0.4 is 15.8 Å². The van der Waals surface area contributed by atoms with Crippen LogP contribution in [0.3, 0.4) is 0 Å². The van der Waals surface area contributed by atoms with Crippen molar-refractivity contribution < 1.29 is 24.2 Å². The zero-order chi connectivity index (χ0) is 24.8. The number of hydrogen-bond donors (Lipinski definition) is 2. The maximum absolute atomic E-state index is 12.5. The van der Waals surface area contributed by atoms with Gasteiger partial charge in [0.15, 0.2) is 0 Å². The number of benzene rings is 2. The molecule has 14 nitrogen and oxygen atoms in total. The Hall–Kier alpha value is -5.14. The van der Waals surface area contributed by atoms with Crippen LogP contribution in [0.25, 0.3) is 0 Å². The van der Waals surface area contributed by atoms with Gasteiger partial charge in [0.25, 0.3) is 11.6 Å². The number of hydrazine groups is 1. The van der Waals surface area contributed by atoms with E-state index in [-0.39, 0.29) is 28.5 Å². The summed E-state index contributed by atoms with van der Waals surface area (Å²) < 4.78 is 4.76. The van der Waals surface area contributed by atoms with Crippen LogP contribution in [0.4, 0.5) is 28.7 Å². The van der Waals surface area contributed by atoms with E-state index in [0.29, 0.717) is 0 Å². The fourth-order valence-corrected chi connectivity index (χ4v) is 3.05. The van der Waals surface area contributed by atoms with Crippen LogP contribution in [0.1, 0.15) is 20.7 Å². The number of methoxy groups -OCH3 is 1. The summed E-state index contributed by atoms with van der Waals surface area (Å²) >= 11 is 0. The molecule has 0 unspecified atom stereocenters. The number of nitro benzene ring substituents is 1. The number of para-hydroxylation sites is 2. The van der Waals surface area contributed by atoms with Crippen molar-refractivity contribution in [3.05, 3.63) is 86.2 Å². The van der Waals surface area contributed by atoms with Crippen molar-refractivity contribution in [1.82, 2.24) is 15.4 Å². The molecule has 0 aliphatic rings. The van der Waals surface area contributed by atoms with E-state index < -0.39 is 33.1 Å². The van der Waals surface area contributed by atoms with Crippen molar-refractivity contribution in [3.8, 4) is 0 Å². The minimum atomic E-state index is -0.911. The maximum Gasteiger partial charge on any atom is 0.355 e. The summed E-state index contributed by atoms with van der Waals surface area (Å²) in [7, 11) is 2.65. The fourth-order valence-electron chi connectivity index (χ4n) is 3.05. The van der Waals surface area contributed by atoms with Crippen LogP contribution in [0.15, 0.2) is 54.9 Å². The van der Waals surface area contributed by atoms with Gasteiger partial charge in [0.2, 0.25) is 11.6 Å². The van der Waals surface area contributed by atoms with Crippen molar-refractivity contribution in [2.45, 2.75) is 0 Å². The summed E-state index contributed by atoms with van der Waals surface area (Å²) in [5.74, 6) is -2.15. The first-order valence-corrected chi connectivity index (χ1v) is 9.46. The average Bonchev–Trinajstić information content (AvgIpc) is 2.85. The van der Waals surface area contributed by atoms with E-state index in [2.05, 4.69) is 20.8 Å². The van der Waals surface area contributed by atoms with E-state index in [1.165, 1.54) is 43.3 Å². The van der Waals surface area contributed by atoms with Crippen LogP contribution in [0.2, 0.25) is 0 Å². The van der Waals surface area contributed by atoms with Crippen molar-refractivity contribution in [1.29, 1.82) is 0 Å². The van der Waals surface area contributed by atoms with Gasteiger partial charge >= 0.3 is 11.7 Å². The summed E-state index contributed by atoms with van der Waals surface area (Å²) in [4.78, 5) is 55.2. The molecule has 3 aromatic rings. The number of nitrogens with one attached hydrogen (secondary N) is 2. The Morgan fingerprint density at radius 1 is 0.971 bits per heavy atom. The Balaban J connectivity index is 1.96. The number of amides is 1. The standard InChI is InChI=1S/C20H17N7O7/c1-25(14-9-5-4-8-13(14)20(29)34-2)18-16(27(32)33)17(21-11-22-18)23-24-19(28)12-7-3-6-10-15(12)26(30)31/h3-11H,1-2H3,(H,24,28)(H,21,22,23). The zero-order valence-corrected chi connectivity index (χ0v) is 17.8. The number of ether oxygens (including phenoxy) is 1. The SMILES string of the molecule is COC(=O)c1ccccc1N(C)c1ncnc(NNC(=O)c2ccccc2[N+](=O)[O-])c1[N+](=O)[O-]. The molecule has 0 radical (unpaired) electrons. The van der Waals surface area contributed by atoms with E-state index in [1.54, 1.807) is 18.2 Å². The van der Waals surface area contributed by atoms with E-state index in [0.717, 1.165) is 12.4 Å². The molecule has 0 fully saturated rings. The molecule has 174 valence electrons. The van der Waals surface area contributed by atoms with E-state index >= 15 is 0 Å². The Kier molecular flexibility index (Phi) is 6.91. The second-order valence-electron chi connectivity index (χ2n) is 6.57. The molecule has 2 N–H and O–H groups in total. The van der Waals surface area contributed by atoms with Gasteiger partial charge in [-0.15, -0.1) is 0 Å². The number of carbonyl (C=O) groups is 2. The van der Waals surface area contributed by atoms with Gasteiger partial charge in [-0.05, 0) is 18.2 Å². The molecule has 0 spiro atoms. The molecule has 0 aliphatic heterocycles. The van der Waals surface area contributed by atoms with Gasteiger partial charge in [-0.3, -0.25) is 35.9 Å². The van der Waals surface area contributed by atoms with Crippen molar-refractivity contribution in [3.63, 3.8) is 0 Å². The molecule has 0 atom stereocenters. The van der Waals surface area contributed by atoms with E-state index in [9.17, 15) is 29.8 Å². The first-order chi connectivity index (χ1) is 16.3. The van der Waals surface area contributed by atoms with E-state index in [4.69, 9.17) is 4.74 Å². The third kappa shape index (κ3) is 4.69. The van der Waals surface area contributed by atoms with Crippen LogP contribution in [-0.2, 0) is 4.74 Å². The number of carbonyl (C=O) groups excluding carboxylic acids is 2. The second kappa shape index (κ2) is 9.99. The smallest absolute Gasteiger partial charge is 0.355 e. The lowest BCUT2D eigenvalue weighted by Gasteiger charge is -2.21. The molecule has 0 bridgehead atoms. The Labute approximate surface area is 191 Å². The number of anilines is 3. The highest BCUT2D eigenvalue weighted by Gasteiger charge is 2.29. The first kappa shape index (κ1) is 23.5. The van der Waals surface area contributed by atoms with Gasteiger partial charge in [-0.25, -0.2) is 14.8 Å². The fraction of sp³-hybridized carbons (Fsp3) is 0.100. The summed E-state index contributed by atoms with van der Waals surface area (Å²) in [5.41, 5.74) is 3.57. The lowest BCUT2D eigenvalue weighted by Crippen LogP contribution is -2.31. The van der Waals surface area contributed by atoms with Gasteiger partial charge in [0, 0.05) is 13.1 Å². The third-order valence-electron chi connectivity index (χ3n) is 4.61. The number of nitro groups is 2. The van der Waals surface area contributed by atoms with Gasteiger partial charge in [-0.1, -0.05) is 24.3 Å². The Morgan fingerprint density at radius 3 is 2.26 bits per heavy atom. The highest BCUT2D eigenvalue weighted by molar-refractivity contribution is 5.99. The minimum absolute atomic E-state index is 0.139. The molecular formula is C20H17N7O7. The molecule has 1 aromatic heterocycles. The van der Waals surface area contributed by atoms with Gasteiger partial charge in [0.1, 0.15) is 11.9 Å². The van der Waals surface area contributed by atoms with Crippen molar-refractivity contribution in [2.24, 2.45) is 0 Å². The molecule has 0 saturated carbocycles. The summed E-state index contributed by atoms with van der Waals surface area (Å²) in [6.45, 7) is 0. The monoisotopic (exact) mass is 467 g/mol. The highest BCUT2D eigenvalue weighted by atomic mass is 16.6. The lowest BCUT2D eigenvalue weighted by atomic mass is 10.1. The quantitative estimate of drug-likeness (QED) is 0.282. The van der Waals surface area contributed by atoms with Crippen molar-refractivity contribution >= 4 is 40.6 Å². The largest absolute Gasteiger partial charge is 0.465 e. The van der Waals surface area contributed by atoms with Crippen LogP contribution in [0.5, 0.6) is 0 Å². The third-order valence-corrected chi connectivity index (χ3v) is 4.61. The van der Waals surface area contributed by atoms with E-state index in [1.807, 2.05) is 0 Å². The molecule has 3 rings (SSSR count). The van der Waals surface area contributed by atoms with Gasteiger partial charge < -0.3 is 9.64 Å². The number of esters is 1. The van der Waals surface area contributed by atoms with Crippen LogP contribution in [0, 0.1) is 20.2 Å². The number of hydrogen-bond acceptors (Lipinski definition) is 11. The predicted molar refractivity (Wildman–Crippen MR) is 119 cm³/mol. The van der Waals surface area contributed by atoms with Crippen LogP contribution >= 0.6 is 0 Å². The first-order valence-electron chi connectivity index (χ1n) is 9.46. The molecule has 1 amide bonds. The molecule has 1 heterocycles. The number of rotatable bonds is 8. The highest BCUT2D eigenvalue weighted by Crippen LogP contribution is 2.36. The topological polar surface area (TPSA) is 183 Å². The number of aromatic nitrogens is 2. The molecule has 14 heteroatoms. The average molecular weight is 467 g/mol. The second-order valence-corrected chi connectivity index (χ2v) is 6.57. The van der Waals surface area contributed by atoms with Crippen LogP contribution in [-0.4, -0.2) is 45.8 Å². The van der Waals surface area contributed by atoms with Gasteiger partial charge in [-0.2, -0.15) is 0 Å². The molecular weight excluding hydrogens is 450 g/mol. The predicted octanol–water partition coefficient (Wildman–Crippen LogP) is 2.60. The Bertz CT molecular complexity index is 1280. The normalized spacial score (nSPS) is 10.2. The maximum atomic E-state index is 12.5. The summed E-state index contributed by atoms with van der Waals surface area (Å²) in [6.07, 6.45) is 1.01. The molecule has 0 aliphatic carbocycles. The van der Waals surface area contributed by atoms with Gasteiger partial charge in [0.05, 0.1) is 28.2 Å². The zero-order valence-electron chi connectivity index (χ0n) is 17.8. The summed E-state index contributed by atoms with van der Waals surface area (Å²) in [5, 5.41) is 23.0.